The SMILES string of the molecule is CNC(=O)C1(NC(=O)[C@@H](c2cccnc2)N2CCCC2)CCCCC1. The summed E-state index contributed by atoms with van der Waals surface area (Å²) in [4.78, 5) is 32.2. The summed E-state index contributed by atoms with van der Waals surface area (Å²) in [7, 11) is 1.64. The third kappa shape index (κ3) is 3.84. The summed E-state index contributed by atoms with van der Waals surface area (Å²) in [5, 5.41) is 5.89. The average molecular weight is 344 g/mol. The van der Waals surface area contributed by atoms with Crippen LogP contribution in [0.5, 0.6) is 0 Å². The average Bonchev–Trinajstić information content (AvgIpc) is 3.17. The summed E-state index contributed by atoms with van der Waals surface area (Å²) < 4.78 is 0. The smallest absolute Gasteiger partial charge is 0.245 e. The number of nitrogens with one attached hydrogen (secondary N) is 2. The molecular formula is C19H28N4O2. The van der Waals surface area contributed by atoms with E-state index in [2.05, 4.69) is 20.5 Å². The predicted octanol–water partition coefficient (Wildman–Crippen LogP) is 1.78. The Morgan fingerprint density at radius 1 is 1.16 bits per heavy atom. The molecule has 2 fully saturated rings. The highest BCUT2D eigenvalue weighted by molar-refractivity contribution is 5.93. The van der Waals surface area contributed by atoms with Crippen molar-refractivity contribution in [3.05, 3.63) is 30.1 Å². The van der Waals surface area contributed by atoms with E-state index < -0.39 is 5.54 Å². The number of aromatic nitrogens is 1. The minimum atomic E-state index is -0.774. The first-order valence-corrected chi connectivity index (χ1v) is 9.34. The number of hydrogen-bond donors (Lipinski definition) is 2. The lowest BCUT2D eigenvalue weighted by Gasteiger charge is -2.38. The molecule has 6 nitrogen and oxygen atoms in total. The van der Waals surface area contributed by atoms with Gasteiger partial charge < -0.3 is 10.6 Å². The Labute approximate surface area is 149 Å². The molecule has 1 saturated heterocycles. The Bertz CT molecular complexity index is 593. The van der Waals surface area contributed by atoms with Gasteiger partial charge in [0.15, 0.2) is 0 Å². The number of carbonyl (C=O) groups is 2. The van der Waals surface area contributed by atoms with Gasteiger partial charge in [0.2, 0.25) is 11.8 Å². The van der Waals surface area contributed by atoms with Crippen LogP contribution in [0.1, 0.15) is 56.6 Å². The van der Waals surface area contributed by atoms with Crippen molar-refractivity contribution in [3.8, 4) is 0 Å². The molecule has 0 aromatic carbocycles. The number of rotatable bonds is 5. The summed E-state index contributed by atoms with van der Waals surface area (Å²) in [6.07, 6.45) is 10.1. The van der Waals surface area contributed by atoms with Gasteiger partial charge in [-0.2, -0.15) is 0 Å². The first kappa shape index (κ1) is 17.9. The molecule has 3 rings (SSSR count). The number of pyridine rings is 1. The van der Waals surface area contributed by atoms with E-state index in [1.807, 2.05) is 12.1 Å². The molecule has 1 aliphatic heterocycles. The molecule has 2 heterocycles. The third-order valence-corrected chi connectivity index (χ3v) is 5.49. The zero-order valence-electron chi connectivity index (χ0n) is 15.0. The monoisotopic (exact) mass is 344 g/mol. The van der Waals surface area contributed by atoms with Crippen molar-refractivity contribution < 1.29 is 9.59 Å². The summed E-state index contributed by atoms with van der Waals surface area (Å²) in [6.45, 7) is 1.81. The maximum Gasteiger partial charge on any atom is 0.245 e. The lowest BCUT2D eigenvalue weighted by Crippen LogP contribution is -2.60. The molecule has 25 heavy (non-hydrogen) atoms. The van der Waals surface area contributed by atoms with Crippen LogP contribution in [0.4, 0.5) is 0 Å². The highest BCUT2D eigenvalue weighted by Gasteiger charge is 2.42. The number of likely N-dealkylation sites (N-methyl/N-ethyl adjacent to an activating group) is 1. The van der Waals surface area contributed by atoms with Crippen molar-refractivity contribution in [2.24, 2.45) is 0 Å². The van der Waals surface area contributed by atoms with E-state index in [9.17, 15) is 9.59 Å². The fourth-order valence-corrected chi connectivity index (χ4v) is 4.17. The molecule has 6 heteroatoms. The number of carbonyl (C=O) groups excluding carboxylic acids is 2. The van der Waals surface area contributed by atoms with Crippen LogP contribution in [0.25, 0.3) is 0 Å². The number of nitrogens with zero attached hydrogens (tertiary/aromatic N) is 2. The quantitative estimate of drug-likeness (QED) is 0.854. The lowest BCUT2D eigenvalue weighted by molar-refractivity contribution is -0.137. The van der Waals surface area contributed by atoms with Crippen molar-refractivity contribution >= 4 is 11.8 Å². The van der Waals surface area contributed by atoms with Crippen LogP contribution < -0.4 is 10.6 Å². The van der Waals surface area contributed by atoms with Gasteiger partial charge in [0.25, 0.3) is 0 Å². The first-order chi connectivity index (χ1) is 12.2. The van der Waals surface area contributed by atoms with Crippen molar-refractivity contribution in [3.63, 3.8) is 0 Å². The van der Waals surface area contributed by atoms with E-state index in [1.54, 1.807) is 19.4 Å². The minimum Gasteiger partial charge on any atom is -0.357 e. The maximum atomic E-state index is 13.3. The number of amides is 2. The van der Waals surface area contributed by atoms with Crippen LogP contribution in [-0.2, 0) is 9.59 Å². The van der Waals surface area contributed by atoms with Crippen LogP contribution in [0.3, 0.4) is 0 Å². The molecule has 1 aromatic heterocycles. The Balaban J connectivity index is 1.85. The van der Waals surface area contributed by atoms with Gasteiger partial charge in [0.05, 0.1) is 0 Å². The van der Waals surface area contributed by atoms with Gasteiger partial charge in [-0.3, -0.25) is 19.5 Å². The molecule has 1 saturated carbocycles. The molecule has 0 spiro atoms. The predicted molar refractivity (Wildman–Crippen MR) is 95.8 cm³/mol. The summed E-state index contributed by atoms with van der Waals surface area (Å²) in [5.74, 6) is -0.160. The van der Waals surface area contributed by atoms with E-state index in [0.717, 1.165) is 50.8 Å². The molecule has 0 unspecified atom stereocenters. The topological polar surface area (TPSA) is 74.3 Å². The van der Waals surface area contributed by atoms with E-state index in [-0.39, 0.29) is 17.9 Å². The largest absolute Gasteiger partial charge is 0.357 e. The number of likely N-dealkylation sites (tertiary alicyclic amines) is 1. The van der Waals surface area contributed by atoms with E-state index in [0.29, 0.717) is 12.8 Å². The van der Waals surface area contributed by atoms with Crippen LogP contribution in [0.15, 0.2) is 24.5 Å². The second kappa shape index (κ2) is 7.95. The van der Waals surface area contributed by atoms with Crippen molar-refractivity contribution in [2.75, 3.05) is 20.1 Å². The molecule has 2 amide bonds. The second-order valence-electron chi connectivity index (χ2n) is 7.14. The minimum absolute atomic E-state index is 0.0769. The summed E-state index contributed by atoms with van der Waals surface area (Å²) >= 11 is 0. The molecule has 0 bridgehead atoms. The van der Waals surface area contributed by atoms with Crippen molar-refractivity contribution in [1.29, 1.82) is 0 Å². The van der Waals surface area contributed by atoms with Crippen LogP contribution in [0, 0.1) is 0 Å². The third-order valence-electron chi connectivity index (χ3n) is 5.49. The zero-order chi connectivity index (χ0) is 17.7. The van der Waals surface area contributed by atoms with Gasteiger partial charge >= 0.3 is 0 Å². The Morgan fingerprint density at radius 3 is 2.48 bits per heavy atom. The van der Waals surface area contributed by atoms with Crippen molar-refractivity contribution in [1.82, 2.24) is 20.5 Å². The normalized spacial score (nSPS) is 21.5. The number of hydrogen-bond acceptors (Lipinski definition) is 4. The van der Waals surface area contributed by atoms with E-state index in [4.69, 9.17) is 0 Å². The van der Waals surface area contributed by atoms with Crippen LogP contribution >= 0.6 is 0 Å². The molecule has 2 aliphatic rings. The first-order valence-electron chi connectivity index (χ1n) is 9.34. The van der Waals surface area contributed by atoms with Crippen LogP contribution in [-0.4, -0.2) is 47.4 Å². The Hall–Kier alpha value is -1.95. The molecular weight excluding hydrogens is 316 g/mol. The zero-order valence-corrected chi connectivity index (χ0v) is 15.0. The van der Waals surface area contributed by atoms with Crippen molar-refractivity contribution in [2.45, 2.75) is 56.5 Å². The molecule has 1 atom stereocenters. The Kier molecular flexibility index (Phi) is 5.68. The van der Waals surface area contributed by atoms with Gasteiger partial charge in [-0.15, -0.1) is 0 Å². The summed E-state index contributed by atoms with van der Waals surface area (Å²) in [5.41, 5.74) is 0.120. The second-order valence-corrected chi connectivity index (χ2v) is 7.14. The maximum absolute atomic E-state index is 13.3. The molecule has 1 aliphatic carbocycles. The fraction of sp³-hybridized carbons (Fsp3) is 0.632. The molecule has 0 radical (unpaired) electrons. The lowest BCUT2D eigenvalue weighted by atomic mass is 9.80. The highest BCUT2D eigenvalue weighted by Crippen LogP contribution is 2.31. The van der Waals surface area contributed by atoms with Crippen LogP contribution in [0.2, 0.25) is 0 Å². The molecule has 136 valence electrons. The van der Waals surface area contributed by atoms with Gasteiger partial charge in [-0.1, -0.05) is 25.3 Å². The van der Waals surface area contributed by atoms with Gasteiger partial charge in [0, 0.05) is 19.4 Å². The Morgan fingerprint density at radius 2 is 1.88 bits per heavy atom. The molecule has 1 aromatic rings. The van der Waals surface area contributed by atoms with E-state index in [1.165, 1.54) is 0 Å². The fourth-order valence-electron chi connectivity index (χ4n) is 4.17. The highest BCUT2D eigenvalue weighted by atomic mass is 16.2. The van der Waals surface area contributed by atoms with E-state index >= 15 is 0 Å². The molecule has 2 N–H and O–H groups in total. The van der Waals surface area contributed by atoms with Gasteiger partial charge in [-0.25, -0.2) is 0 Å². The van der Waals surface area contributed by atoms with Gasteiger partial charge in [0.1, 0.15) is 11.6 Å². The summed E-state index contributed by atoms with van der Waals surface area (Å²) in [6, 6.07) is 3.43. The van der Waals surface area contributed by atoms with Gasteiger partial charge in [-0.05, 0) is 50.4 Å². The standard InChI is InChI=1S/C19H28N4O2/c1-20-18(25)19(9-3-2-4-10-19)22-17(24)16(23-12-5-6-13-23)15-8-7-11-21-14-15/h7-8,11,14,16H,2-6,9-10,12-13H2,1H3,(H,20,25)(H,22,24)/t16-/m1/s1.